The minimum atomic E-state index is -0.504. The minimum Gasteiger partial charge on any atom is -0.387 e. The highest BCUT2D eigenvalue weighted by Gasteiger charge is 2.39. The summed E-state index contributed by atoms with van der Waals surface area (Å²) in [5, 5.41) is 10.5. The van der Waals surface area contributed by atoms with E-state index in [0.717, 1.165) is 25.2 Å². The normalized spacial score (nSPS) is 38.6. The lowest BCUT2D eigenvalue weighted by Crippen LogP contribution is -2.45. The van der Waals surface area contributed by atoms with E-state index in [-0.39, 0.29) is 6.10 Å². The van der Waals surface area contributed by atoms with Crippen LogP contribution in [-0.4, -0.2) is 23.9 Å². The predicted octanol–water partition coefficient (Wildman–Crippen LogP) is 2.50. The summed E-state index contributed by atoms with van der Waals surface area (Å²) in [6, 6.07) is 0. The number of hydrogen-bond donors (Lipinski definition) is 1. The minimum absolute atomic E-state index is 0.0926. The zero-order chi connectivity index (χ0) is 10.0. The summed E-state index contributed by atoms with van der Waals surface area (Å²) < 4.78 is 5.41. The molecule has 0 amide bonds. The molecular weight excluding hydrogens is 176 g/mol. The number of rotatable bonds is 4. The van der Waals surface area contributed by atoms with Gasteiger partial charge >= 0.3 is 0 Å². The number of ether oxygens (including phenoxy) is 1. The van der Waals surface area contributed by atoms with Gasteiger partial charge in [-0.3, -0.25) is 0 Å². The first-order chi connectivity index (χ1) is 6.74. The van der Waals surface area contributed by atoms with Crippen LogP contribution < -0.4 is 0 Å². The van der Waals surface area contributed by atoms with Gasteiger partial charge in [-0.05, 0) is 31.6 Å². The average Bonchev–Trinajstić information content (AvgIpc) is 2.99. The average molecular weight is 198 g/mol. The summed E-state index contributed by atoms with van der Waals surface area (Å²) in [7, 11) is 1.73. The molecule has 2 saturated carbocycles. The third-order valence-corrected chi connectivity index (χ3v) is 3.89. The van der Waals surface area contributed by atoms with Crippen LogP contribution in [0.5, 0.6) is 0 Å². The van der Waals surface area contributed by atoms with E-state index in [9.17, 15) is 5.11 Å². The van der Waals surface area contributed by atoms with Gasteiger partial charge in [0, 0.05) is 7.11 Å². The molecule has 1 N–H and O–H groups in total. The van der Waals surface area contributed by atoms with Crippen molar-refractivity contribution in [3.8, 4) is 0 Å². The molecule has 0 aromatic carbocycles. The van der Waals surface area contributed by atoms with E-state index in [4.69, 9.17) is 4.74 Å². The van der Waals surface area contributed by atoms with Gasteiger partial charge in [-0.25, -0.2) is 0 Å². The van der Waals surface area contributed by atoms with Crippen LogP contribution >= 0.6 is 0 Å². The van der Waals surface area contributed by atoms with Crippen molar-refractivity contribution in [2.24, 2.45) is 5.92 Å². The third-order valence-electron chi connectivity index (χ3n) is 3.89. The van der Waals surface area contributed by atoms with E-state index in [1.165, 1.54) is 32.1 Å². The molecule has 2 fully saturated rings. The lowest BCUT2D eigenvalue weighted by atomic mass is 9.78. The quantitative estimate of drug-likeness (QED) is 0.752. The molecule has 2 aliphatic rings. The second-order valence-corrected chi connectivity index (χ2v) is 5.06. The Morgan fingerprint density at radius 1 is 1.29 bits per heavy atom. The molecule has 2 heteroatoms. The van der Waals surface area contributed by atoms with Crippen molar-refractivity contribution < 1.29 is 9.84 Å². The van der Waals surface area contributed by atoms with E-state index >= 15 is 0 Å². The van der Waals surface area contributed by atoms with E-state index in [0.29, 0.717) is 0 Å². The Hall–Kier alpha value is -0.0800. The van der Waals surface area contributed by atoms with Gasteiger partial charge in [-0.2, -0.15) is 0 Å². The Morgan fingerprint density at radius 3 is 2.71 bits per heavy atom. The molecule has 0 aliphatic heterocycles. The molecule has 0 heterocycles. The van der Waals surface area contributed by atoms with Crippen LogP contribution in [0.3, 0.4) is 0 Å². The highest BCUT2D eigenvalue weighted by Crippen LogP contribution is 2.40. The SMILES string of the molecule is COC1CCCCC1(O)CCC1CC1. The third kappa shape index (κ3) is 2.29. The fraction of sp³-hybridized carbons (Fsp3) is 1.00. The summed E-state index contributed by atoms with van der Waals surface area (Å²) in [5.74, 6) is 0.915. The Bertz CT molecular complexity index is 189. The maximum atomic E-state index is 10.5. The van der Waals surface area contributed by atoms with Crippen LogP contribution in [0.1, 0.15) is 51.4 Å². The molecule has 0 saturated heterocycles. The zero-order valence-electron chi connectivity index (χ0n) is 9.17. The molecule has 14 heavy (non-hydrogen) atoms. The maximum absolute atomic E-state index is 10.5. The topological polar surface area (TPSA) is 29.5 Å². The van der Waals surface area contributed by atoms with Crippen molar-refractivity contribution in [3.05, 3.63) is 0 Å². The van der Waals surface area contributed by atoms with Crippen molar-refractivity contribution >= 4 is 0 Å². The van der Waals surface area contributed by atoms with E-state index in [1.54, 1.807) is 7.11 Å². The predicted molar refractivity (Wildman–Crippen MR) is 56.2 cm³/mol. The summed E-state index contributed by atoms with van der Waals surface area (Å²) >= 11 is 0. The Labute approximate surface area is 86.6 Å². The van der Waals surface area contributed by atoms with Gasteiger partial charge in [0.15, 0.2) is 0 Å². The van der Waals surface area contributed by atoms with Crippen LogP contribution in [0.25, 0.3) is 0 Å². The second kappa shape index (κ2) is 4.19. The van der Waals surface area contributed by atoms with Gasteiger partial charge in [0.05, 0.1) is 11.7 Å². The van der Waals surface area contributed by atoms with Gasteiger partial charge in [-0.1, -0.05) is 25.7 Å². The monoisotopic (exact) mass is 198 g/mol. The van der Waals surface area contributed by atoms with Gasteiger partial charge in [0.2, 0.25) is 0 Å². The van der Waals surface area contributed by atoms with Crippen molar-refractivity contribution in [2.75, 3.05) is 7.11 Å². The summed E-state index contributed by atoms with van der Waals surface area (Å²) in [6.45, 7) is 0. The fourth-order valence-electron chi connectivity index (χ4n) is 2.67. The number of methoxy groups -OCH3 is 1. The zero-order valence-corrected chi connectivity index (χ0v) is 9.17. The second-order valence-electron chi connectivity index (χ2n) is 5.06. The molecule has 2 aliphatic carbocycles. The van der Waals surface area contributed by atoms with Crippen LogP contribution in [0.2, 0.25) is 0 Å². The highest BCUT2D eigenvalue weighted by atomic mass is 16.5. The molecule has 2 unspecified atom stereocenters. The summed E-state index contributed by atoms with van der Waals surface area (Å²) in [4.78, 5) is 0. The number of hydrogen-bond acceptors (Lipinski definition) is 2. The van der Waals surface area contributed by atoms with Gasteiger partial charge in [0.25, 0.3) is 0 Å². The molecule has 2 rings (SSSR count). The summed E-state index contributed by atoms with van der Waals surface area (Å²) in [5.41, 5.74) is -0.504. The molecular formula is C12H22O2. The van der Waals surface area contributed by atoms with Crippen LogP contribution in [0.15, 0.2) is 0 Å². The van der Waals surface area contributed by atoms with Gasteiger partial charge in [0.1, 0.15) is 0 Å². The maximum Gasteiger partial charge on any atom is 0.0908 e. The van der Waals surface area contributed by atoms with E-state index in [1.807, 2.05) is 0 Å². The van der Waals surface area contributed by atoms with Crippen LogP contribution in [0, 0.1) is 5.92 Å². The summed E-state index contributed by atoms with van der Waals surface area (Å²) in [6.07, 6.45) is 9.38. The van der Waals surface area contributed by atoms with Gasteiger partial charge < -0.3 is 9.84 Å². The Balaban J connectivity index is 1.87. The Morgan fingerprint density at radius 2 is 2.07 bits per heavy atom. The molecule has 0 aromatic heterocycles. The van der Waals surface area contributed by atoms with Crippen molar-refractivity contribution in [1.29, 1.82) is 0 Å². The molecule has 2 nitrogen and oxygen atoms in total. The first kappa shape index (κ1) is 10.4. The van der Waals surface area contributed by atoms with E-state index < -0.39 is 5.60 Å². The van der Waals surface area contributed by atoms with Gasteiger partial charge in [-0.15, -0.1) is 0 Å². The lowest BCUT2D eigenvalue weighted by Gasteiger charge is -2.39. The van der Waals surface area contributed by atoms with Crippen molar-refractivity contribution in [3.63, 3.8) is 0 Å². The molecule has 2 atom stereocenters. The molecule has 0 aromatic rings. The largest absolute Gasteiger partial charge is 0.387 e. The van der Waals surface area contributed by atoms with Crippen molar-refractivity contribution in [2.45, 2.75) is 63.1 Å². The molecule has 0 bridgehead atoms. The lowest BCUT2D eigenvalue weighted by molar-refractivity contribution is -0.122. The van der Waals surface area contributed by atoms with Crippen LogP contribution in [-0.2, 0) is 4.74 Å². The molecule has 0 spiro atoms. The van der Waals surface area contributed by atoms with E-state index in [2.05, 4.69) is 0 Å². The Kier molecular flexibility index (Phi) is 3.13. The van der Waals surface area contributed by atoms with Crippen LogP contribution in [0.4, 0.5) is 0 Å². The smallest absolute Gasteiger partial charge is 0.0908 e. The first-order valence-corrected chi connectivity index (χ1v) is 6.00. The first-order valence-electron chi connectivity index (χ1n) is 6.00. The fourth-order valence-corrected chi connectivity index (χ4v) is 2.67. The van der Waals surface area contributed by atoms with Crippen molar-refractivity contribution in [1.82, 2.24) is 0 Å². The molecule has 0 radical (unpaired) electrons. The molecule has 82 valence electrons. The highest BCUT2D eigenvalue weighted by molar-refractivity contribution is 4.92. The standard InChI is InChI=1S/C12H22O2/c1-14-11-4-2-3-8-12(11,13)9-7-10-5-6-10/h10-11,13H,2-9H2,1H3. The number of aliphatic hydroxyl groups is 1.